The molecule has 2 N–H and O–H groups in total. The van der Waals surface area contributed by atoms with Crippen molar-refractivity contribution in [2.75, 3.05) is 12.3 Å². The van der Waals surface area contributed by atoms with Crippen molar-refractivity contribution < 1.29 is 4.79 Å². The summed E-state index contributed by atoms with van der Waals surface area (Å²) in [7, 11) is 0. The van der Waals surface area contributed by atoms with Gasteiger partial charge in [-0.3, -0.25) is 4.79 Å². The van der Waals surface area contributed by atoms with Gasteiger partial charge < -0.3 is 10.6 Å². The summed E-state index contributed by atoms with van der Waals surface area (Å²) in [6.07, 6.45) is 0. The Balaban J connectivity index is 2.20. The summed E-state index contributed by atoms with van der Waals surface area (Å²) in [6.45, 7) is 3.02. The van der Waals surface area contributed by atoms with Crippen molar-refractivity contribution in [3.05, 3.63) is 63.6 Å². The molecule has 1 amide bonds. The molecule has 2 rings (SSSR count). The maximum atomic E-state index is 12.5. The number of anilines is 1. The second-order valence-electron chi connectivity index (χ2n) is 4.69. The predicted octanol–water partition coefficient (Wildman–Crippen LogP) is 4.24. The van der Waals surface area contributed by atoms with E-state index in [0.29, 0.717) is 34.4 Å². The molecule has 0 aliphatic heterocycles. The number of rotatable bonds is 4. The van der Waals surface area contributed by atoms with E-state index in [1.54, 1.807) is 23.1 Å². The summed E-state index contributed by atoms with van der Waals surface area (Å²) in [5.74, 6) is -0.0839. The number of hydrogen-bond donors (Lipinski definition) is 1. The van der Waals surface area contributed by atoms with E-state index in [1.165, 1.54) is 0 Å². The molecule has 0 aromatic heterocycles. The average Bonchev–Trinajstić information content (AvgIpc) is 2.47. The van der Waals surface area contributed by atoms with Crippen LogP contribution in [0.2, 0.25) is 10.0 Å². The van der Waals surface area contributed by atoms with Gasteiger partial charge in [0.2, 0.25) is 0 Å². The summed E-state index contributed by atoms with van der Waals surface area (Å²) in [6, 6.07) is 12.4. The van der Waals surface area contributed by atoms with E-state index in [1.807, 2.05) is 31.2 Å². The predicted molar refractivity (Wildman–Crippen MR) is 87.7 cm³/mol. The van der Waals surface area contributed by atoms with Crippen molar-refractivity contribution in [2.45, 2.75) is 13.5 Å². The smallest absolute Gasteiger partial charge is 0.254 e. The highest BCUT2D eigenvalue weighted by Crippen LogP contribution is 2.21. The third-order valence-electron chi connectivity index (χ3n) is 3.18. The van der Waals surface area contributed by atoms with E-state index in [4.69, 9.17) is 28.9 Å². The van der Waals surface area contributed by atoms with Gasteiger partial charge in [-0.1, -0.05) is 35.3 Å². The van der Waals surface area contributed by atoms with Gasteiger partial charge in [-0.2, -0.15) is 0 Å². The monoisotopic (exact) mass is 322 g/mol. The van der Waals surface area contributed by atoms with Crippen LogP contribution in [0.25, 0.3) is 0 Å². The lowest BCUT2D eigenvalue weighted by molar-refractivity contribution is 0.0752. The number of nitrogens with two attached hydrogens (primary N) is 1. The summed E-state index contributed by atoms with van der Waals surface area (Å²) >= 11 is 11.9. The van der Waals surface area contributed by atoms with Gasteiger partial charge >= 0.3 is 0 Å². The highest BCUT2D eigenvalue weighted by atomic mass is 35.5. The highest BCUT2D eigenvalue weighted by Gasteiger charge is 2.15. The highest BCUT2D eigenvalue weighted by molar-refractivity contribution is 6.33. The van der Waals surface area contributed by atoms with Gasteiger partial charge in [-0.15, -0.1) is 0 Å². The quantitative estimate of drug-likeness (QED) is 0.856. The Kier molecular flexibility index (Phi) is 5.10. The van der Waals surface area contributed by atoms with Crippen LogP contribution in [0.15, 0.2) is 42.5 Å². The zero-order valence-corrected chi connectivity index (χ0v) is 13.2. The third kappa shape index (κ3) is 3.90. The number of nitrogens with zero attached hydrogens (tertiary/aromatic N) is 1. The average molecular weight is 323 g/mol. The minimum atomic E-state index is -0.0839. The Labute approximate surface area is 134 Å². The summed E-state index contributed by atoms with van der Waals surface area (Å²) < 4.78 is 0. The zero-order valence-electron chi connectivity index (χ0n) is 11.6. The van der Waals surface area contributed by atoms with Crippen LogP contribution in [0.4, 0.5) is 5.69 Å². The second-order valence-corrected chi connectivity index (χ2v) is 5.53. The lowest BCUT2D eigenvalue weighted by Crippen LogP contribution is -2.30. The molecule has 0 spiro atoms. The second kappa shape index (κ2) is 6.83. The number of hydrogen-bond acceptors (Lipinski definition) is 2. The molecule has 0 aliphatic rings. The lowest BCUT2D eigenvalue weighted by atomic mass is 10.1. The molecule has 0 bridgehead atoms. The van der Waals surface area contributed by atoms with Gasteiger partial charge in [0.1, 0.15) is 0 Å². The number of benzene rings is 2. The molecule has 3 nitrogen and oxygen atoms in total. The fraction of sp³-hybridized carbons (Fsp3) is 0.188. The Morgan fingerprint density at radius 1 is 1.19 bits per heavy atom. The van der Waals surface area contributed by atoms with Crippen molar-refractivity contribution in [2.24, 2.45) is 0 Å². The fourth-order valence-electron chi connectivity index (χ4n) is 2.03. The molecule has 0 unspecified atom stereocenters. The molecule has 0 radical (unpaired) electrons. The van der Waals surface area contributed by atoms with Crippen LogP contribution in [0, 0.1) is 0 Å². The maximum Gasteiger partial charge on any atom is 0.254 e. The molecule has 0 atom stereocenters. The Hall–Kier alpha value is -1.71. The van der Waals surface area contributed by atoms with Crippen molar-refractivity contribution in [3.8, 4) is 0 Å². The molecule has 0 fully saturated rings. The normalized spacial score (nSPS) is 10.4. The van der Waals surface area contributed by atoms with E-state index in [0.717, 1.165) is 5.56 Å². The van der Waals surface area contributed by atoms with Crippen LogP contribution in [0.1, 0.15) is 22.8 Å². The lowest BCUT2D eigenvalue weighted by Gasteiger charge is -2.21. The zero-order chi connectivity index (χ0) is 15.4. The standard InChI is InChI=1S/C16H16Cl2N2O/c1-2-20(10-11-4-3-5-13(17)8-11)16(21)12-6-7-15(19)14(18)9-12/h3-9H,2,10,19H2,1H3. The van der Waals surface area contributed by atoms with Crippen LogP contribution in [-0.4, -0.2) is 17.4 Å². The van der Waals surface area contributed by atoms with Crippen LogP contribution >= 0.6 is 23.2 Å². The molecule has 0 saturated carbocycles. The van der Waals surface area contributed by atoms with Crippen molar-refractivity contribution in [3.63, 3.8) is 0 Å². The van der Waals surface area contributed by atoms with Crippen LogP contribution < -0.4 is 5.73 Å². The van der Waals surface area contributed by atoms with Crippen molar-refractivity contribution >= 4 is 34.8 Å². The van der Waals surface area contributed by atoms with Crippen LogP contribution in [-0.2, 0) is 6.54 Å². The first kappa shape index (κ1) is 15.7. The molecule has 2 aromatic carbocycles. The molecule has 110 valence electrons. The van der Waals surface area contributed by atoms with Gasteiger partial charge in [-0.05, 0) is 42.8 Å². The van der Waals surface area contributed by atoms with Gasteiger partial charge in [0.05, 0.1) is 10.7 Å². The number of carbonyl (C=O) groups is 1. The topological polar surface area (TPSA) is 46.3 Å². The van der Waals surface area contributed by atoms with Gasteiger partial charge in [0.15, 0.2) is 0 Å². The molecule has 0 saturated heterocycles. The van der Waals surface area contributed by atoms with Gasteiger partial charge in [-0.25, -0.2) is 0 Å². The summed E-state index contributed by atoms with van der Waals surface area (Å²) in [5.41, 5.74) is 7.64. The first-order chi connectivity index (χ1) is 10.0. The minimum Gasteiger partial charge on any atom is -0.398 e. The minimum absolute atomic E-state index is 0.0839. The molecule has 0 aliphatic carbocycles. The van der Waals surface area contributed by atoms with E-state index < -0.39 is 0 Å². The largest absolute Gasteiger partial charge is 0.398 e. The Morgan fingerprint density at radius 2 is 1.95 bits per heavy atom. The molecule has 21 heavy (non-hydrogen) atoms. The molecule has 0 heterocycles. The molecule has 2 aromatic rings. The SMILES string of the molecule is CCN(Cc1cccc(Cl)c1)C(=O)c1ccc(N)c(Cl)c1. The van der Waals surface area contributed by atoms with E-state index in [-0.39, 0.29) is 5.91 Å². The summed E-state index contributed by atoms with van der Waals surface area (Å²) in [4.78, 5) is 14.3. The van der Waals surface area contributed by atoms with E-state index in [9.17, 15) is 4.79 Å². The number of amides is 1. The van der Waals surface area contributed by atoms with Crippen molar-refractivity contribution in [1.29, 1.82) is 0 Å². The van der Waals surface area contributed by atoms with Gasteiger partial charge in [0, 0.05) is 23.7 Å². The van der Waals surface area contributed by atoms with Gasteiger partial charge in [0.25, 0.3) is 5.91 Å². The molecule has 5 heteroatoms. The summed E-state index contributed by atoms with van der Waals surface area (Å²) in [5, 5.41) is 1.05. The van der Waals surface area contributed by atoms with Crippen molar-refractivity contribution in [1.82, 2.24) is 4.90 Å². The number of nitrogen functional groups attached to an aromatic ring is 1. The Morgan fingerprint density at radius 3 is 2.57 bits per heavy atom. The van der Waals surface area contributed by atoms with Crippen LogP contribution in [0.5, 0.6) is 0 Å². The van der Waals surface area contributed by atoms with E-state index >= 15 is 0 Å². The molecular weight excluding hydrogens is 307 g/mol. The van der Waals surface area contributed by atoms with Crippen LogP contribution in [0.3, 0.4) is 0 Å². The maximum absolute atomic E-state index is 12.5. The first-order valence-electron chi connectivity index (χ1n) is 6.60. The van der Waals surface area contributed by atoms with E-state index in [2.05, 4.69) is 0 Å². The Bertz CT molecular complexity index is 658. The third-order valence-corrected chi connectivity index (χ3v) is 3.74. The fourth-order valence-corrected chi connectivity index (χ4v) is 2.42. The first-order valence-corrected chi connectivity index (χ1v) is 7.35. The molecular formula is C16H16Cl2N2O. The number of carbonyl (C=O) groups excluding carboxylic acids is 1. The number of halogens is 2.